The fraction of sp³-hybridized carbons (Fsp3) is 0.455. The summed E-state index contributed by atoms with van der Waals surface area (Å²) in [7, 11) is -3.63. The van der Waals surface area contributed by atoms with E-state index in [1.165, 1.54) is 12.1 Å². The van der Waals surface area contributed by atoms with Gasteiger partial charge in [-0.1, -0.05) is 0 Å². The molecule has 0 atom stereocenters. The number of aliphatic hydroxyl groups excluding tert-OH is 1. The summed E-state index contributed by atoms with van der Waals surface area (Å²) in [5.41, 5.74) is -0.151. The van der Waals surface area contributed by atoms with E-state index in [9.17, 15) is 18.5 Å². The van der Waals surface area contributed by atoms with Gasteiger partial charge in [-0.2, -0.15) is 0 Å². The van der Waals surface area contributed by atoms with Crippen LogP contribution in [-0.2, 0) is 10.0 Å². The van der Waals surface area contributed by atoms with Crippen LogP contribution in [0.1, 0.15) is 19.3 Å². The molecule has 0 fully saturated rings. The molecule has 1 aromatic carbocycles. The molecule has 8 heteroatoms. The van der Waals surface area contributed by atoms with E-state index in [2.05, 4.69) is 4.72 Å². The number of aliphatic hydroxyl groups is 1. The van der Waals surface area contributed by atoms with E-state index < -0.39 is 14.9 Å². The molecule has 0 saturated heterocycles. The van der Waals surface area contributed by atoms with Crippen LogP contribution in [0, 0.1) is 10.1 Å². The fourth-order valence-corrected chi connectivity index (χ4v) is 2.52. The topological polar surface area (TPSA) is 110 Å². The molecule has 0 unspecified atom stereocenters. The summed E-state index contributed by atoms with van der Waals surface area (Å²) in [6.45, 7) is 0.369. The second-order valence-electron chi connectivity index (χ2n) is 3.93. The minimum Gasteiger partial charge on any atom is -0.396 e. The van der Waals surface area contributed by atoms with E-state index in [-0.39, 0.29) is 23.7 Å². The van der Waals surface area contributed by atoms with Crippen molar-refractivity contribution in [3.63, 3.8) is 0 Å². The molecule has 7 nitrogen and oxygen atoms in total. The number of non-ortho nitro benzene ring substituents is 1. The van der Waals surface area contributed by atoms with E-state index >= 15 is 0 Å². The smallest absolute Gasteiger partial charge is 0.269 e. The van der Waals surface area contributed by atoms with E-state index in [0.29, 0.717) is 12.8 Å². The molecule has 106 valence electrons. The molecule has 0 heterocycles. The highest BCUT2D eigenvalue weighted by molar-refractivity contribution is 7.89. The van der Waals surface area contributed by atoms with Gasteiger partial charge in [-0.15, -0.1) is 0 Å². The molecule has 0 aromatic heterocycles. The summed E-state index contributed by atoms with van der Waals surface area (Å²) in [5.74, 6) is 0. The molecule has 0 amide bonds. The van der Waals surface area contributed by atoms with Gasteiger partial charge in [0, 0.05) is 25.3 Å². The Hall–Kier alpha value is -1.51. The lowest BCUT2D eigenvalue weighted by Gasteiger charge is -2.06. The molecule has 1 rings (SSSR count). The van der Waals surface area contributed by atoms with Crippen molar-refractivity contribution >= 4 is 15.7 Å². The maximum atomic E-state index is 11.8. The SMILES string of the molecule is O=[N+]([O-])c1ccc(S(=O)(=O)NCCCCCO)cc1. The zero-order chi connectivity index (χ0) is 14.3. The maximum Gasteiger partial charge on any atom is 0.269 e. The number of hydrogen-bond acceptors (Lipinski definition) is 5. The van der Waals surface area contributed by atoms with E-state index in [1.54, 1.807) is 0 Å². The Morgan fingerprint density at radius 1 is 1.16 bits per heavy atom. The summed E-state index contributed by atoms with van der Waals surface area (Å²) >= 11 is 0. The molecule has 2 N–H and O–H groups in total. The molecule has 0 bridgehead atoms. The zero-order valence-electron chi connectivity index (χ0n) is 10.3. The molecule has 0 aliphatic rings. The number of hydrogen-bond donors (Lipinski definition) is 2. The average molecular weight is 288 g/mol. The van der Waals surface area contributed by atoms with Gasteiger partial charge in [-0.3, -0.25) is 10.1 Å². The quantitative estimate of drug-likeness (QED) is 0.422. The van der Waals surface area contributed by atoms with Crippen molar-refractivity contribution in [2.45, 2.75) is 24.2 Å². The number of nitrogens with zero attached hydrogens (tertiary/aromatic N) is 1. The Morgan fingerprint density at radius 3 is 2.32 bits per heavy atom. The first-order chi connectivity index (χ1) is 8.97. The number of nitro groups is 1. The minimum absolute atomic E-state index is 0.000239. The number of unbranched alkanes of at least 4 members (excludes halogenated alkanes) is 2. The number of sulfonamides is 1. The van der Waals surface area contributed by atoms with Crippen LogP contribution in [0.2, 0.25) is 0 Å². The first kappa shape index (κ1) is 15.5. The Bertz CT molecular complexity index is 512. The predicted molar refractivity (Wildman–Crippen MR) is 69.2 cm³/mol. The normalized spacial score (nSPS) is 11.4. The first-order valence-corrected chi connectivity index (χ1v) is 7.30. The highest BCUT2D eigenvalue weighted by atomic mass is 32.2. The zero-order valence-corrected chi connectivity index (χ0v) is 11.1. The molecular formula is C11H16N2O5S. The van der Waals surface area contributed by atoms with Crippen LogP contribution in [-0.4, -0.2) is 31.6 Å². The maximum absolute atomic E-state index is 11.8. The van der Waals surface area contributed by atoms with Gasteiger partial charge in [0.15, 0.2) is 0 Å². The lowest BCUT2D eigenvalue weighted by molar-refractivity contribution is -0.384. The molecule has 1 aromatic rings. The largest absolute Gasteiger partial charge is 0.396 e. The van der Waals surface area contributed by atoms with Crippen molar-refractivity contribution in [2.24, 2.45) is 0 Å². The summed E-state index contributed by atoms with van der Waals surface area (Å²) in [5, 5.41) is 19.0. The number of rotatable bonds is 8. The van der Waals surface area contributed by atoms with E-state index in [1.807, 2.05) is 0 Å². The van der Waals surface area contributed by atoms with Crippen molar-refractivity contribution in [3.05, 3.63) is 34.4 Å². The average Bonchev–Trinajstić information content (AvgIpc) is 2.38. The standard InChI is InChI=1S/C11H16N2O5S/c14-9-3-1-2-8-12-19(17,18)11-6-4-10(5-7-11)13(15)16/h4-7,12,14H,1-3,8-9H2. The summed E-state index contributed by atoms with van der Waals surface area (Å²) in [4.78, 5) is 9.87. The Kier molecular flexibility index (Phi) is 5.87. The van der Waals surface area contributed by atoms with Gasteiger partial charge in [-0.25, -0.2) is 13.1 Å². The van der Waals surface area contributed by atoms with Gasteiger partial charge in [0.2, 0.25) is 10.0 Å². The third kappa shape index (κ3) is 4.93. The third-order valence-electron chi connectivity index (χ3n) is 2.48. The molecule has 19 heavy (non-hydrogen) atoms. The number of nitrogens with one attached hydrogen (secondary N) is 1. The molecule has 0 radical (unpaired) electrons. The van der Waals surface area contributed by atoms with Crippen molar-refractivity contribution in [1.29, 1.82) is 0 Å². The van der Waals surface area contributed by atoms with E-state index in [0.717, 1.165) is 18.6 Å². The van der Waals surface area contributed by atoms with Gasteiger partial charge >= 0.3 is 0 Å². The van der Waals surface area contributed by atoms with Crippen molar-refractivity contribution < 1.29 is 18.4 Å². The van der Waals surface area contributed by atoms with Crippen LogP contribution in [0.15, 0.2) is 29.2 Å². The predicted octanol–water partition coefficient (Wildman–Crippen LogP) is 1.04. The molecule has 0 aliphatic carbocycles. The van der Waals surface area contributed by atoms with E-state index in [4.69, 9.17) is 5.11 Å². The van der Waals surface area contributed by atoms with Crippen molar-refractivity contribution in [2.75, 3.05) is 13.2 Å². The minimum atomic E-state index is -3.63. The van der Waals surface area contributed by atoms with Gasteiger partial charge in [0.1, 0.15) is 0 Å². The monoisotopic (exact) mass is 288 g/mol. The lowest BCUT2D eigenvalue weighted by atomic mass is 10.2. The van der Waals surface area contributed by atoms with Crippen LogP contribution in [0.4, 0.5) is 5.69 Å². The highest BCUT2D eigenvalue weighted by Crippen LogP contribution is 2.15. The lowest BCUT2D eigenvalue weighted by Crippen LogP contribution is -2.24. The Labute approximate surface area is 111 Å². The van der Waals surface area contributed by atoms with Gasteiger partial charge in [-0.05, 0) is 31.4 Å². The Morgan fingerprint density at radius 2 is 1.79 bits per heavy atom. The van der Waals surface area contributed by atoms with Crippen LogP contribution in [0.25, 0.3) is 0 Å². The van der Waals surface area contributed by atoms with Crippen LogP contribution < -0.4 is 4.72 Å². The molecule has 0 spiro atoms. The van der Waals surface area contributed by atoms with Crippen LogP contribution >= 0.6 is 0 Å². The summed E-state index contributed by atoms with van der Waals surface area (Å²) in [6.07, 6.45) is 2.01. The van der Waals surface area contributed by atoms with Crippen LogP contribution in [0.3, 0.4) is 0 Å². The van der Waals surface area contributed by atoms with Crippen molar-refractivity contribution in [3.8, 4) is 0 Å². The van der Waals surface area contributed by atoms with Gasteiger partial charge in [0.05, 0.1) is 9.82 Å². The second-order valence-corrected chi connectivity index (χ2v) is 5.70. The molecular weight excluding hydrogens is 272 g/mol. The van der Waals surface area contributed by atoms with Gasteiger partial charge in [0.25, 0.3) is 5.69 Å². The van der Waals surface area contributed by atoms with Gasteiger partial charge < -0.3 is 5.11 Å². The summed E-state index contributed by atoms with van der Waals surface area (Å²) in [6, 6.07) is 4.71. The molecule has 0 aliphatic heterocycles. The molecule has 0 saturated carbocycles. The fourth-order valence-electron chi connectivity index (χ4n) is 1.45. The summed E-state index contributed by atoms with van der Waals surface area (Å²) < 4.78 is 26.0. The second kappa shape index (κ2) is 7.17. The Balaban J connectivity index is 2.59. The first-order valence-electron chi connectivity index (χ1n) is 5.82. The number of nitro benzene ring substituents is 1. The third-order valence-corrected chi connectivity index (χ3v) is 3.96. The van der Waals surface area contributed by atoms with Crippen LogP contribution in [0.5, 0.6) is 0 Å². The number of benzene rings is 1. The van der Waals surface area contributed by atoms with Crippen molar-refractivity contribution in [1.82, 2.24) is 4.72 Å². The highest BCUT2D eigenvalue weighted by Gasteiger charge is 2.14.